The fraction of sp³-hybridized carbons (Fsp3) is 0.500. The molecule has 0 bridgehead atoms. The zero-order valence-corrected chi connectivity index (χ0v) is 25.0. The Balaban J connectivity index is 1.81. The number of imidazole rings is 1. The summed E-state index contributed by atoms with van der Waals surface area (Å²) in [6.45, 7) is 10.9. The van der Waals surface area contributed by atoms with Gasteiger partial charge < -0.3 is 14.6 Å². The van der Waals surface area contributed by atoms with Crippen molar-refractivity contribution < 1.29 is 22.7 Å². The van der Waals surface area contributed by atoms with Crippen molar-refractivity contribution in [2.75, 3.05) is 24.2 Å². The number of nitrogens with one attached hydrogen (secondary N) is 2. The van der Waals surface area contributed by atoms with Crippen molar-refractivity contribution in [3.8, 4) is 0 Å². The molecule has 0 atom stereocenters. The molecule has 208 valence electrons. The summed E-state index contributed by atoms with van der Waals surface area (Å²) in [5, 5.41) is 3.99. The fourth-order valence-electron chi connectivity index (χ4n) is 3.82. The second kappa shape index (κ2) is 13.6. The molecule has 0 aliphatic rings. The number of ether oxygens (including phenoxy) is 1. The van der Waals surface area contributed by atoms with Crippen LogP contribution in [0.15, 0.2) is 28.3 Å². The fourth-order valence-corrected chi connectivity index (χ4v) is 6.82. The number of esters is 1. The average Bonchev–Trinajstić information content (AvgIpc) is 3.36. The molecular weight excluding hydrogens is 545 g/mol. The minimum atomic E-state index is -3.63. The number of benzene rings is 1. The van der Waals surface area contributed by atoms with E-state index in [-0.39, 0.29) is 23.2 Å². The molecule has 3 aromatic rings. The summed E-state index contributed by atoms with van der Waals surface area (Å²) >= 11 is 2.63. The number of rotatable bonds is 14. The zero-order valence-electron chi connectivity index (χ0n) is 22.5. The highest BCUT2D eigenvalue weighted by Crippen LogP contribution is 2.33. The number of carbonyl (C=O) groups is 2. The maximum absolute atomic E-state index is 12.9. The van der Waals surface area contributed by atoms with Crippen LogP contribution in [0.2, 0.25) is 0 Å². The topological polar surface area (TPSA) is 119 Å². The first-order valence-corrected chi connectivity index (χ1v) is 16.1. The van der Waals surface area contributed by atoms with Crippen LogP contribution in [-0.4, -0.2) is 48.7 Å². The van der Waals surface area contributed by atoms with E-state index in [1.54, 1.807) is 25.1 Å². The van der Waals surface area contributed by atoms with Gasteiger partial charge in [-0.25, -0.2) is 22.9 Å². The molecule has 1 amide bonds. The van der Waals surface area contributed by atoms with Gasteiger partial charge in [-0.1, -0.05) is 38.5 Å². The van der Waals surface area contributed by atoms with E-state index in [2.05, 4.69) is 21.9 Å². The van der Waals surface area contributed by atoms with Crippen LogP contribution in [0.1, 0.15) is 67.3 Å². The number of hydrogen-bond donors (Lipinski definition) is 2. The first-order chi connectivity index (χ1) is 18.1. The lowest BCUT2D eigenvalue weighted by Gasteiger charge is -2.09. The summed E-state index contributed by atoms with van der Waals surface area (Å²) in [6, 6.07) is 4.96. The highest BCUT2D eigenvalue weighted by atomic mass is 32.2. The Hall–Kier alpha value is -2.41. The number of carbonyl (C=O) groups excluding carboxylic acids is 2. The molecule has 0 aliphatic carbocycles. The lowest BCUT2D eigenvalue weighted by Crippen LogP contribution is -2.24. The number of unbranched alkanes of at least 4 members (excludes halogenated alkanes) is 2. The third-order valence-corrected chi connectivity index (χ3v) is 9.56. The predicted molar refractivity (Wildman–Crippen MR) is 154 cm³/mol. The maximum atomic E-state index is 12.9. The Morgan fingerprint density at radius 2 is 1.87 bits per heavy atom. The maximum Gasteiger partial charge on any atom is 0.341 e. The number of thioether (sulfide) groups is 1. The van der Waals surface area contributed by atoms with E-state index in [0.29, 0.717) is 34.3 Å². The van der Waals surface area contributed by atoms with Gasteiger partial charge in [0.25, 0.3) is 0 Å². The molecule has 0 fully saturated rings. The molecule has 0 radical (unpaired) electrons. The molecule has 0 saturated carbocycles. The lowest BCUT2D eigenvalue weighted by molar-refractivity contribution is -0.113. The lowest BCUT2D eigenvalue weighted by atomic mass is 10.1. The van der Waals surface area contributed by atoms with Gasteiger partial charge in [0.15, 0.2) is 5.16 Å². The van der Waals surface area contributed by atoms with Crippen molar-refractivity contribution in [1.29, 1.82) is 0 Å². The highest BCUT2D eigenvalue weighted by Gasteiger charge is 2.23. The summed E-state index contributed by atoms with van der Waals surface area (Å²) in [7, 11) is -3.63. The Morgan fingerprint density at radius 3 is 2.55 bits per heavy atom. The van der Waals surface area contributed by atoms with Gasteiger partial charge in [-0.05, 0) is 57.4 Å². The second-order valence-electron chi connectivity index (χ2n) is 8.85. The molecule has 0 spiro atoms. The van der Waals surface area contributed by atoms with Crippen molar-refractivity contribution in [3.05, 3.63) is 34.2 Å². The smallest absolute Gasteiger partial charge is 0.341 e. The number of anilines is 1. The van der Waals surface area contributed by atoms with Gasteiger partial charge in [0.05, 0.1) is 33.9 Å². The van der Waals surface area contributed by atoms with E-state index >= 15 is 0 Å². The van der Waals surface area contributed by atoms with Gasteiger partial charge in [-0.3, -0.25) is 4.79 Å². The van der Waals surface area contributed by atoms with Crippen LogP contribution in [0.25, 0.3) is 11.0 Å². The van der Waals surface area contributed by atoms with E-state index in [4.69, 9.17) is 4.74 Å². The molecule has 1 aromatic carbocycles. The number of aromatic nitrogens is 2. The number of hydrogen-bond acceptors (Lipinski definition) is 8. The number of fused-ring (bicyclic) bond motifs is 1. The summed E-state index contributed by atoms with van der Waals surface area (Å²) in [4.78, 5) is 31.1. The van der Waals surface area contributed by atoms with Crippen molar-refractivity contribution >= 4 is 61.0 Å². The van der Waals surface area contributed by atoms with E-state index < -0.39 is 16.0 Å². The summed E-state index contributed by atoms with van der Waals surface area (Å²) in [5.41, 5.74) is 2.58. The van der Waals surface area contributed by atoms with Crippen LogP contribution in [0.5, 0.6) is 0 Å². The van der Waals surface area contributed by atoms with Crippen LogP contribution in [0.4, 0.5) is 5.00 Å². The summed E-state index contributed by atoms with van der Waals surface area (Å²) in [5.74, 6) is -0.634. The number of nitrogens with zero attached hydrogens (tertiary/aromatic N) is 2. The largest absolute Gasteiger partial charge is 0.462 e. The highest BCUT2D eigenvalue weighted by molar-refractivity contribution is 7.99. The van der Waals surface area contributed by atoms with Gasteiger partial charge in [0, 0.05) is 18.0 Å². The number of thiophene rings is 1. The summed E-state index contributed by atoms with van der Waals surface area (Å²) < 4.78 is 35.3. The van der Waals surface area contributed by atoms with Crippen LogP contribution in [-0.2, 0) is 26.1 Å². The first kappa shape index (κ1) is 30.1. The first-order valence-electron chi connectivity index (χ1n) is 12.8. The molecule has 2 N–H and O–H groups in total. The molecule has 0 unspecified atom stereocenters. The average molecular weight is 581 g/mol. The standard InChI is InChI=1S/C26H36N4O5S3/c1-6-9-13-27-38(33,34)19-11-12-21-20(15-19)28-26(30(21)14-10-7-2)36-16-22(31)29-24-23(25(32)35-8-3)17(4)18(5)37-24/h11-12,15,27H,6-10,13-14,16H2,1-5H3,(H,29,31). The van der Waals surface area contributed by atoms with Crippen LogP contribution in [0.3, 0.4) is 0 Å². The molecule has 3 rings (SSSR count). The van der Waals surface area contributed by atoms with Gasteiger partial charge >= 0.3 is 5.97 Å². The minimum absolute atomic E-state index is 0.0808. The third-order valence-electron chi connectivity index (χ3n) is 6.00. The molecule has 0 saturated heterocycles. The SMILES string of the molecule is CCCCNS(=O)(=O)c1ccc2c(c1)nc(SCC(=O)Nc1sc(C)c(C)c1C(=O)OCC)n2CCCC. The van der Waals surface area contributed by atoms with E-state index in [0.717, 1.165) is 41.6 Å². The third kappa shape index (κ3) is 7.16. The van der Waals surface area contributed by atoms with Gasteiger partial charge in [-0.15, -0.1) is 11.3 Å². The Labute approximate surface area is 232 Å². The number of sulfonamides is 1. The van der Waals surface area contributed by atoms with E-state index in [9.17, 15) is 18.0 Å². The number of amides is 1. The minimum Gasteiger partial charge on any atom is -0.462 e. The Bertz CT molecular complexity index is 1400. The van der Waals surface area contributed by atoms with E-state index in [1.807, 2.05) is 25.3 Å². The van der Waals surface area contributed by atoms with Gasteiger partial charge in [0.2, 0.25) is 15.9 Å². The molecule has 2 aromatic heterocycles. The predicted octanol–water partition coefficient (Wildman–Crippen LogP) is 5.50. The normalized spacial score (nSPS) is 11.7. The quantitative estimate of drug-likeness (QED) is 0.147. The monoisotopic (exact) mass is 580 g/mol. The zero-order chi connectivity index (χ0) is 27.9. The van der Waals surface area contributed by atoms with Crippen LogP contribution >= 0.6 is 23.1 Å². The van der Waals surface area contributed by atoms with Crippen molar-refractivity contribution in [2.45, 2.75) is 76.9 Å². The van der Waals surface area contributed by atoms with Crippen molar-refractivity contribution in [3.63, 3.8) is 0 Å². The molecule has 2 heterocycles. The molecule has 9 nitrogen and oxygen atoms in total. The van der Waals surface area contributed by atoms with Crippen LogP contribution < -0.4 is 10.0 Å². The van der Waals surface area contributed by atoms with Gasteiger partial charge in [0.1, 0.15) is 5.00 Å². The Kier molecular flexibility index (Phi) is 10.8. The van der Waals surface area contributed by atoms with E-state index in [1.165, 1.54) is 23.1 Å². The van der Waals surface area contributed by atoms with Crippen molar-refractivity contribution in [1.82, 2.24) is 14.3 Å². The second-order valence-corrected chi connectivity index (χ2v) is 12.8. The van der Waals surface area contributed by atoms with Gasteiger partial charge in [-0.2, -0.15) is 0 Å². The Morgan fingerprint density at radius 1 is 1.13 bits per heavy atom. The molecule has 0 aliphatic heterocycles. The van der Waals surface area contributed by atoms with Crippen molar-refractivity contribution in [2.24, 2.45) is 0 Å². The number of aryl methyl sites for hydroxylation is 2. The summed E-state index contributed by atoms with van der Waals surface area (Å²) in [6.07, 6.45) is 3.56. The molecule has 38 heavy (non-hydrogen) atoms. The molecular formula is C26H36N4O5S3. The molecule has 12 heteroatoms. The van der Waals surface area contributed by atoms with Crippen LogP contribution in [0, 0.1) is 13.8 Å².